The van der Waals surface area contributed by atoms with Crippen LogP contribution in [0.2, 0.25) is 0 Å². The SMILES string of the molecule is O=C(O)[C@@H]1CN(C(=O)OCc2ccccc2)C[C@H]1c1ccccc1O. The van der Waals surface area contributed by atoms with Crippen LogP contribution in [0.3, 0.4) is 0 Å². The summed E-state index contributed by atoms with van der Waals surface area (Å²) >= 11 is 0. The maximum atomic E-state index is 12.3. The van der Waals surface area contributed by atoms with Gasteiger partial charge in [-0.1, -0.05) is 48.5 Å². The quantitative estimate of drug-likeness (QED) is 0.893. The van der Waals surface area contributed by atoms with Gasteiger partial charge in [0.2, 0.25) is 0 Å². The summed E-state index contributed by atoms with van der Waals surface area (Å²) in [5.41, 5.74) is 1.40. The van der Waals surface area contributed by atoms with Crippen molar-refractivity contribution in [1.29, 1.82) is 0 Å². The van der Waals surface area contributed by atoms with E-state index in [1.807, 2.05) is 30.3 Å². The van der Waals surface area contributed by atoms with Crippen molar-refractivity contribution in [2.45, 2.75) is 12.5 Å². The van der Waals surface area contributed by atoms with Gasteiger partial charge >= 0.3 is 12.1 Å². The number of carbonyl (C=O) groups excluding carboxylic acids is 1. The van der Waals surface area contributed by atoms with Crippen molar-refractivity contribution in [2.75, 3.05) is 13.1 Å². The first-order valence-electron chi connectivity index (χ1n) is 8.02. The molecule has 1 amide bonds. The molecule has 2 aromatic rings. The second-order valence-electron chi connectivity index (χ2n) is 6.06. The average molecular weight is 341 g/mol. The number of benzene rings is 2. The van der Waals surface area contributed by atoms with Crippen LogP contribution >= 0.6 is 0 Å². The zero-order valence-corrected chi connectivity index (χ0v) is 13.5. The highest BCUT2D eigenvalue weighted by atomic mass is 16.6. The van der Waals surface area contributed by atoms with Crippen LogP contribution in [0.5, 0.6) is 5.75 Å². The van der Waals surface area contributed by atoms with E-state index >= 15 is 0 Å². The number of rotatable bonds is 4. The minimum atomic E-state index is -0.994. The molecule has 0 radical (unpaired) electrons. The molecule has 2 aromatic carbocycles. The lowest BCUT2D eigenvalue weighted by Gasteiger charge is -2.17. The van der Waals surface area contributed by atoms with Crippen LogP contribution in [0.4, 0.5) is 4.79 Å². The van der Waals surface area contributed by atoms with Crippen LogP contribution in [-0.4, -0.2) is 40.3 Å². The van der Waals surface area contributed by atoms with E-state index in [1.165, 1.54) is 11.0 Å². The molecule has 2 atom stereocenters. The first-order chi connectivity index (χ1) is 12.1. The molecule has 0 aliphatic carbocycles. The van der Waals surface area contributed by atoms with E-state index in [0.29, 0.717) is 5.56 Å². The number of nitrogens with zero attached hydrogens (tertiary/aromatic N) is 1. The van der Waals surface area contributed by atoms with Gasteiger partial charge in [-0.25, -0.2) is 4.79 Å². The van der Waals surface area contributed by atoms with E-state index < -0.39 is 23.9 Å². The van der Waals surface area contributed by atoms with Gasteiger partial charge < -0.3 is 19.8 Å². The van der Waals surface area contributed by atoms with Crippen molar-refractivity contribution in [3.63, 3.8) is 0 Å². The maximum absolute atomic E-state index is 12.3. The zero-order chi connectivity index (χ0) is 17.8. The standard InChI is InChI=1S/C19H19NO5/c21-17-9-5-4-8-14(17)15-10-20(11-16(15)18(22)23)19(24)25-12-13-6-2-1-3-7-13/h1-9,15-16,21H,10-12H2,(H,22,23)/t15-,16+/m0/s1. The fraction of sp³-hybridized carbons (Fsp3) is 0.263. The summed E-state index contributed by atoms with van der Waals surface area (Å²) in [6.07, 6.45) is -0.548. The molecular weight excluding hydrogens is 322 g/mol. The van der Waals surface area contributed by atoms with E-state index in [-0.39, 0.29) is 25.4 Å². The number of phenols is 1. The number of carbonyl (C=O) groups is 2. The van der Waals surface area contributed by atoms with E-state index in [4.69, 9.17) is 4.74 Å². The predicted molar refractivity (Wildman–Crippen MR) is 90.2 cm³/mol. The predicted octanol–water partition coefficient (Wildman–Crippen LogP) is 2.83. The van der Waals surface area contributed by atoms with Gasteiger partial charge in [0, 0.05) is 19.0 Å². The largest absolute Gasteiger partial charge is 0.508 e. The fourth-order valence-electron chi connectivity index (χ4n) is 3.13. The molecule has 1 aliphatic rings. The number of aliphatic carboxylic acids is 1. The Morgan fingerprint density at radius 3 is 2.40 bits per heavy atom. The summed E-state index contributed by atoms with van der Waals surface area (Å²) in [6, 6.07) is 15.9. The molecule has 25 heavy (non-hydrogen) atoms. The molecule has 2 N–H and O–H groups in total. The zero-order valence-electron chi connectivity index (χ0n) is 13.5. The van der Waals surface area contributed by atoms with Gasteiger partial charge in [-0.05, 0) is 17.2 Å². The highest BCUT2D eigenvalue weighted by Crippen LogP contribution is 2.37. The number of ether oxygens (including phenoxy) is 1. The lowest BCUT2D eigenvalue weighted by molar-refractivity contribution is -0.141. The lowest BCUT2D eigenvalue weighted by Crippen LogP contribution is -2.30. The van der Waals surface area contributed by atoms with Crippen molar-refractivity contribution >= 4 is 12.1 Å². The topological polar surface area (TPSA) is 87.1 Å². The number of hydrogen-bond donors (Lipinski definition) is 2. The molecule has 130 valence electrons. The molecule has 3 rings (SSSR count). The molecule has 0 saturated carbocycles. The summed E-state index contributed by atoms with van der Waals surface area (Å²) in [5.74, 6) is -2.20. The van der Waals surface area contributed by atoms with Crippen LogP contribution in [-0.2, 0) is 16.1 Å². The molecule has 1 fully saturated rings. The van der Waals surface area contributed by atoms with Gasteiger partial charge in [0.05, 0.1) is 5.92 Å². The van der Waals surface area contributed by atoms with Crippen LogP contribution in [0, 0.1) is 5.92 Å². The van der Waals surface area contributed by atoms with Gasteiger partial charge in [-0.2, -0.15) is 0 Å². The monoisotopic (exact) mass is 341 g/mol. The van der Waals surface area contributed by atoms with E-state index in [2.05, 4.69) is 0 Å². The second-order valence-corrected chi connectivity index (χ2v) is 6.06. The van der Waals surface area contributed by atoms with Crippen LogP contribution in [0.25, 0.3) is 0 Å². The number of hydrogen-bond acceptors (Lipinski definition) is 4. The summed E-state index contributed by atoms with van der Waals surface area (Å²) in [4.78, 5) is 25.3. The first kappa shape index (κ1) is 16.8. The maximum Gasteiger partial charge on any atom is 0.410 e. The van der Waals surface area contributed by atoms with E-state index in [9.17, 15) is 19.8 Å². The minimum absolute atomic E-state index is 0.0400. The molecule has 0 spiro atoms. The Morgan fingerprint density at radius 1 is 1.04 bits per heavy atom. The van der Waals surface area contributed by atoms with Crippen molar-refractivity contribution in [1.82, 2.24) is 4.90 Å². The summed E-state index contributed by atoms with van der Waals surface area (Å²) in [7, 11) is 0. The van der Waals surface area contributed by atoms with Gasteiger partial charge in [0.1, 0.15) is 12.4 Å². The summed E-state index contributed by atoms with van der Waals surface area (Å²) in [6.45, 7) is 0.388. The van der Waals surface area contributed by atoms with E-state index in [1.54, 1.807) is 18.2 Å². The Bertz CT molecular complexity index is 761. The number of aromatic hydroxyl groups is 1. The number of para-hydroxylation sites is 1. The number of phenolic OH excluding ortho intramolecular Hbond substituents is 1. The smallest absolute Gasteiger partial charge is 0.410 e. The lowest BCUT2D eigenvalue weighted by atomic mass is 9.88. The fourth-order valence-corrected chi connectivity index (χ4v) is 3.13. The Hall–Kier alpha value is -3.02. The molecule has 1 aliphatic heterocycles. The Kier molecular flexibility index (Phi) is 4.88. The van der Waals surface area contributed by atoms with Crippen molar-refractivity contribution in [3.8, 4) is 5.75 Å². The molecule has 0 unspecified atom stereocenters. The second kappa shape index (κ2) is 7.25. The highest BCUT2D eigenvalue weighted by molar-refractivity contribution is 5.76. The molecule has 0 bridgehead atoms. The van der Waals surface area contributed by atoms with Crippen molar-refractivity contribution < 1.29 is 24.5 Å². The molecule has 6 nitrogen and oxygen atoms in total. The van der Waals surface area contributed by atoms with Crippen LogP contribution in [0.1, 0.15) is 17.0 Å². The summed E-state index contributed by atoms with van der Waals surface area (Å²) < 4.78 is 5.29. The molecular formula is C19H19NO5. The third-order valence-electron chi connectivity index (χ3n) is 4.44. The minimum Gasteiger partial charge on any atom is -0.508 e. The van der Waals surface area contributed by atoms with Crippen LogP contribution < -0.4 is 0 Å². The first-order valence-corrected chi connectivity index (χ1v) is 8.02. The molecule has 1 saturated heterocycles. The highest BCUT2D eigenvalue weighted by Gasteiger charge is 2.42. The average Bonchev–Trinajstić information content (AvgIpc) is 3.06. The normalized spacial score (nSPS) is 19.6. The number of carboxylic acid groups (broad SMARTS) is 1. The van der Waals surface area contributed by atoms with Gasteiger partial charge in [-0.15, -0.1) is 0 Å². The summed E-state index contributed by atoms with van der Waals surface area (Å²) in [5, 5.41) is 19.5. The Labute approximate surface area is 145 Å². The number of carboxylic acids is 1. The number of likely N-dealkylation sites (tertiary alicyclic amines) is 1. The van der Waals surface area contributed by atoms with Crippen molar-refractivity contribution in [3.05, 3.63) is 65.7 Å². The van der Waals surface area contributed by atoms with Gasteiger partial charge in [0.15, 0.2) is 0 Å². The third-order valence-corrected chi connectivity index (χ3v) is 4.44. The van der Waals surface area contributed by atoms with Gasteiger partial charge in [0.25, 0.3) is 0 Å². The molecule has 0 aromatic heterocycles. The van der Waals surface area contributed by atoms with E-state index in [0.717, 1.165) is 5.56 Å². The number of amides is 1. The molecule has 6 heteroatoms. The van der Waals surface area contributed by atoms with Crippen molar-refractivity contribution in [2.24, 2.45) is 5.92 Å². The molecule has 1 heterocycles. The third kappa shape index (κ3) is 3.74. The van der Waals surface area contributed by atoms with Crippen LogP contribution in [0.15, 0.2) is 54.6 Å². The Morgan fingerprint density at radius 2 is 1.72 bits per heavy atom. The van der Waals surface area contributed by atoms with Gasteiger partial charge in [-0.3, -0.25) is 4.79 Å². The Balaban J connectivity index is 1.70.